The Morgan fingerprint density at radius 1 is 1.07 bits per heavy atom. The van der Waals surface area contributed by atoms with Crippen LogP contribution in [0.25, 0.3) is 0 Å². The molecule has 0 bridgehead atoms. The highest BCUT2D eigenvalue weighted by Crippen LogP contribution is 2.20. The Balaban J connectivity index is 0.00000196. The third-order valence-electron chi connectivity index (χ3n) is 1.86. The van der Waals surface area contributed by atoms with Gasteiger partial charge in [-0.3, -0.25) is 4.39 Å². The number of hydrogen-bond donors (Lipinski definition) is 1. The summed E-state index contributed by atoms with van der Waals surface area (Å²) in [6, 6.07) is 0.114. The molecule has 2 N–H and O–H groups in total. The molecule has 0 saturated carbocycles. The van der Waals surface area contributed by atoms with Gasteiger partial charge in [-0.15, -0.1) is 12.4 Å². The minimum absolute atomic E-state index is 0. The van der Waals surface area contributed by atoms with Crippen molar-refractivity contribution in [2.45, 2.75) is 12.5 Å². The van der Waals surface area contributed by atoms with Crippen molar-refractivity contribution in [2.24, 2.45) is 5.73 Å². The second kappa shape index (κ2) is 5.92. The zero-order chi connectivity index (χ0) is 10.7. The second-order valence-corrected chi connectivity index (χ2v) is 2.87. The first-order chi connectivity index (χ1) is 6.56. The predicted molar refractivity (Wildman–Crippen MR) is 51.1 cm³/mol. The van der Waals surface area contributed by atoms with Gasteiger partial charge in [-0.05, 0) is 12.5 Å². The summed E-state index contributed by atoms with van der Waals surface area (Å²) in [6.07, 6.45) is -0.123. The molecule has 1 aromatic rings. The van der Waals surface area contributed by atoms with Crippen LogP contribution in [0, 0.1) is 17.5 Å². The van der Waals surface area contributed by atoms with E-state index in [1.54, 1.807) is 0 Å². The molecule has 1 rings (SSSR count). The summed E-state index contributed by atoms with van der Waals surface area (Å²) in [6.45, 7) is -0.737. The lowest BCUT2D eigenvalue weighted by Crippen LogP contribution is -2.13. The lowest BCUT2D eigenvalue weighted by Gasteiger charge is -2.11. The van der Waals surface area contributed by atoms with Crippen LogP contribution in [0.5, 0.6) is 0 Å². The van der Waals surface area contributed by atoms with Gasteiger partial charge >= 0.3 is 0 Å². The van der Waals surface area contributed by atoms with Gasteiger partial charge in [0.15, 0.2) is 11.6 Å². The number of halogens is 5. The molecule has 0 radical (unpaired) electrons. The zero-order valence-electron chi connectivity index (χ0n) is 7.64. The molecule has 0 saturated heterocycles. The van der Waals surface area contributed by atoms with E-state index in [0.29, 0.717) is 12.1 Å². The summed E-state index contributed by atoms with van der Waals surface area (Å²) >= 11 is 0. The highest BCUT2D eigenvalue weighted by atomic mass is 35.5. The largest absolute Gasteiger partial charge is 0.324 e. The summed E-state index contributed by atoms with van der Waals surface area (Å²) in [7, 11) is 0. The number of hydrogen-bond acceptors (Lipinski definition) is 1. The van der Waals surface area contributed by atoms with Crippen molar-refractivity contribution in [1.82, 2.24) is 0 Å². The molecule has 1 atom stereocenters. The molecule has 0 aliphatic rings. The van der Waals surface area contributed by atoms with Crippen LogP contribution in [0.4, 0.5) is 17.6 Å². The Bertz CT molecular complexity index is 332. The summed E-state index contributed by atoms with van der Waals surface area (Å²) in [5.74, 6) is -3.42. The average molecular weight is 244 g/mol. The molecule has 0 aromatic heterocycles. The molecular weight excluding hydrogens is 234 g/mol. The summed E-state index contributed by atoms with van der Waals surface area (Å²) in [4.78, 5) is 0. The SMILES string of the molecule is Cl.N[C@H](CCF)c1cc(F)c(F)cc1F. The topological polar surface area (TPSA) is 26.0 Å². The molecule has 0 heterocycles. The van der Waals surface area contributed by atoms with Crippen molar-refractivity contribution < 1.29 is 17.6 Å². The normalized spacial score (nSPS) is 12.1. The Kier molecular flexibility index (Phi) is 5.60. The molecule has 86 valence electrons. The van der Waals surface area contributed by atoms with Crippen LogP contribution in [0.3, 0.4) is 0 Å². The Labute approximate surface area is 90.7 Å². The Hall–Kier alpha value is -0.810. The van der Waals surface area contributed by atoms with E-state index in [0.717, 1.165) is 0 Å². The molecule has 1 nitrogen and oxygen atoms in total. The third kappa shape index (κ3) is 3.35. The number of benzene rings is 1. The van der Waals surface area contributed by atoms with Crippen LogP contribution in [-0.4, -0.2) is 6.67 Å². The van der Waals surface area contributed by atoms with Crippen molar-refractivity contribution in [3.8, 4) is 0 Å². The molecule has 1 aromatic carbocycles. The number of nitrogens with two attached hydrogens (primary N) is 1. The first kappa shape index (κ1) is 14.2. The summed E-state index contributed by atoms with van der Waals surface area (Å²) in [5.41, 5.74) is 5.15. The fraction of sp³-hybridized carbons (Fsp3) is 0.333. The van der Waals surface area contributed by atoms with Gasteiger partial charge in [0.1, 0.15) is 5.82 Å². The van der Waals surface area contributed by atoms with Gasteiger partial charge in [-0.25, -0.2) is 13.2 Å². The van der Waals surface area contributed by atoms with Crippen molar-refractivity contribution in [1.29, 1.82) is 0 Å². The van der Waals surface area contributed by atoms with E-state index in [4.69, 9.17) is 5.73 Å². The maximum absolute atomic E-state index is 13.0. The molecule has 15 heavy (non-hydrogen) atoms. The first-order valence-corrected chi connectivity index (χ1v) is 4.02. The van der Waals surface area contributed by atoms with Gasteiger partial charge in [0.05, 0.1) is 6.67 Å². The van der Waals surface area contributed by atoms with Crippen molar-refractivity contribution in [3.05, 3.63) is 35.1 Å². The van der Waals surface area contributed by atoms with E-state index in [-0.39, 0.29) is 24.4 Å². The van der Waals surface area contributed by atoms with Crippen LogP contribution in [0.2, 0.25) is 0 Å². The van der Waals surface area contributed by atoms with E-state index < -0.39 is 30.2 Å². The fourth-order valence-electron chi connectivity index (χ4n) is 1.10. The first-order valence-electron chi connectivity index (χ1n) is 4.02. The third-order valence-corrected chi connectivity index (χ3v) is 1.86. The van der Waals surface area contributed by atoms with E-state index in [9.17, 15) is 17.6 Å². The molecule has 6 heteroatoms. The number of alkyl halides is 1. The minimum Gasteiger partial charge on any atom is -0.324 e. The van der Waals surface area contributed by atoms with E-state index >= 15 is 0 Å². The van der Waals surface area contributed by atoms with Crippen LogP contribution in [0.15, 0.2) is 12.1 Å². The summed E-state index contributed by atoms with van der Waals surface area (Å²) in [5, 5.41) is 0. The van der Waals surface area contributed by atoms with Crippen molar-refractivity contribution in [3.63, 3.8) is 0 Å². The highest BCUT2D eigenvalue weighted by molar-refractivity contribution is 5.85. The molecule has 0 spiro atoms. The molecule has 0 aliphatic heterocycles. The van der Waals surface area contributed by atoms with Crippen LogP contribution >= 0.6 is 12.4 Å². The van der Waals surface area contributed by atoms with Crippen molar-refractivity contribution in [2.75, 3.05) is 6.67 Å². The lowest BCUT2D eigenvalue weighted by molar-refractivity contribution is 0.429. The highest BCUT2D eigenvalue weighted by Gasteiger charge is 2.15. The average Bonchev–Trinajstić information content (AvgIpc) is 2.11. The van der Waals surface area contributed by atoms with E-state index in [2.05, 4.69) is 0 Å². The Morgan fingerprint density at radius 3 is 2.13 bits per heavy atom. The Morgan fingerprint density at radius 2 is 1.60 bits per heavy atom. The van der Waals surface area contributed by atoms with E-state index in [1.165, 1.54) is 0 Å². The van der Waals surface area contributed by atoms with Gasteiger partial charge < -0.3 is 5.73 Å². The monoisotopic (exact) mass is 243 g/mol. The molecule has 0 aliphatic carbocycles. The number of rotatable bonds is 3. The van der Waals surface area contributed by atoms with Gasteiger partial charge in [-0.1, -0.05) is 0 Å². The minimum atomic E-state index is -1.28. The molecule has 0 amide bonds. The lowest BCUT2D eigenvalue weighted by atomic mass is 10.0. The fourth-order valence-corrected chi connectivity index (χ4v) is 1.10. The summed E-state index contributed by atoms with van der Waals surface area (Å²) < 4.78 is 50.0. The molecule has 0 fully saturated rings. The molecule has 0 unspecified atom stereocenters. The predicted octanol–water partition coefficient (Wildman–Crippen LogP) is 2.89. The quantitative estimate of drug-likeness (QED) is 0.641. The van der Waals surface area contributed by atoms with Crippen LogP contribution < -0.4 is 5.73 Å². The van der Waals surface area contributed by atoms with Gasteiger partial charge in [-0.2, -0.15) is 0 Å². The maximum atomic E-state index is 13.0. The van der Waals surface area contributed by atoms with E-state index in [1.807, 2.05) is 0 Å². The molecular formula is C9H10ClF4N. The van der Waals surface area contributed by atoms with Crippen molar-refractivity contribution >= 4 is 12.4 Å². The standard InChI is InChI=1S/C9H9F4N.ClH/c10-2-1-9(14)5-3-7(12)8(13)4-6(5)11;/h3-4,9H,1-2,14H2;1H/t9-;/m1./s1. The smallest absolute Gasteiger partial charge is 0.161 e. The maximum Gasteiger partial charge on any atom is 0.161 e. The van der Waals surface area contributed by atoms with Gasteiger partial charge in [0, 0.05) is 17.7 Å². The van der Waals surface area contributed by atoms with Gasteiger partial charge in [0.2, 0.25) is 0 Å². The van der Waals surface area contributed by atoms with Crippen LogP contribution in [-0.2, 0) is 0 Å². The second-order valence-electron chi connectivity index (χ2n) is 2.87. The van der Waals surface area contributed by atoms with Crippen LogP contribution in [0.1, 0.15) is 18.0 Å². The zero-order valence-corrected chi connectivity index (χ0v) is 8.46. The van der Waals surface area contributed by atoms with Gasteiger partial charge in [0.25, 0.3) is 0 Å².